The van der Waals surface area contributed by atoms with Gasteiger partial charge in [0.15, 0.2) is 0 Å². The molecule has 2 N–H and O–H groups in total. The Balaban J connectivity index is 2.03. The van der Waals surface area contributed by atoms with Crippen LogP contribution >= 0.6 is 31.9 Å². The maximum absolute atomic E-state index is 10.1. The van der Waals surface area contributed by atoms with E-state index < -0.39 is 12.2 Å². The van der Waals surface area contributed by atoms with Crippen LogP contribution in [-0.4, -0.2) is 22.4 Å². The molecular formula is C17H14Br2O2. The van der Waals surface area contributed by atoms with Crippen molar-refractivity contribution in [2.45, 2.75) is 30.5 Å². The van der Waals surface area contributed by atoms with Crippen LogP contribution < -0.4 is 0 Å². The summed E-state index contributed by atoms with van der Waals surface area (Å²) >= 11 is 7.10. The average Bonchev–Trinajstić information content (AvgIpc) is 2.87. The number of hydrogen-bond acceptors (Lipinski definition) is 2. The zero-order chi connectivity index (χ0) is 14.8. The van der Waals surface area contributed by atoms with Crippen molar-refractivity contribution in [1.29, 1.82) is 0 Å². The van der Waals surface area contributed by atoms with Gasteiger partial charge < -0.3 is 10.2 Å². The summed E-state index contributed by atoms with van der Waals surface area (Å²) in [5.41, 5.74) is 4.56. The molecule has 2 unspecified atom stereocenters. The Labute approximate surface area is 140 Å². The fourth-order valence-electron chi connectivity index (χ4n) is 3.95. The third-order valence-corrected chi connectivity index (χ3v) is 5.83. The number of aliphatic hydroxyl groups excluding tert-OH is 2. The third-order valence-electron chi connectivity index (χ3n) is 4.84. The van der Waals surface area contributed by atoms with E-state index in [1.165, 1.54) is 22.3 Å². The minimum absolute atomic E-state index is 0.281. The monoisotopic (exact) mass is 408 g/mol. The summed E-state index contributed by atoms with van der Waals surface area (Å²) in [6.45, 7) is 0. The molecule has 2 aromatic carbocycles. The molecule has 0 saturated heterocycles. The topological polar surface area (TPSA) is 40.5 Å². The molecule has 4 rings (SSSR count). The molecule has 2 aliphatic carbocycles. The molecule has 0 bridgehead atoms. The second-order valence-corrected chi connectivity index (χ2v) is 7.84. The zero-order valence-electron chi connectivity index (χ0n) is 11.2. The smallest absolute Gasteiger partial charge is 0.0811 e. The van der Waals surface area contributed by atoms with Gasteiger partial charge in [-0.15, -0.1) is 0 Å². The number of fused-ring (bicyclic) bond motifs is 5. The predicted octanol–water partition coefficient (Wildman–Crippen LogP) is 3.99. The minimum atomic E-state index is -0.665. The molecule has 1 saturated carbocycles. The first-order chi connectivity index (χ1) is 10.0. The third kappa shape index (κ3) is 1.89. The van der Waals surface area contributed by atoms with Crippen LogP contribution in [0.3, 0.4) is 0 Å². The molecule has 21 heavy (non-hydrogen) atoms. The van der Waals surface area contributed by atoms with E-state index in [0.717, 1.165) is 8.95 Å². The Morgan fingerprint density at radius 2 is 1.24 bits per heavy atom. The largest absolute Gasteiger partial charge is 0.390 e. The van der Waals surface area contributed by atoms with E-state index in [1.54, 1.807) is 0 Å². The highest BCUT2D eigenvalue weighted by molar-refractivity contribution is 9.10. The Hall–Kier alpha value is -0.680. The van der Waals surface area contributed by atoms with Gasteiger partial charge >= 0.3 is 0 Å². The molecule has 108 valence electrons. The van der Waals surface area contributed by atoms with Gasteiger partial charge in [-0.05, 0) is 59.4 Å². The van der Waals surface area contributed by atoms with Gasteiger partial charge in [0.1, 0.15) is 0 Å². The summed E-state index contributed by atoms with van der Waals surface area (Å²) in [7, 11) is 0. The molecule has 4 heteroatoms. The summed E-state index contributed by atoms with van der Waals surface area (Å²) in [6, 6.07) is 12.6. The van der Waals surface area contributed by atoms with Crippen LogP contribution in [0.15, 0.2) is 45.3 Å². The number of hydrogen-bond donors (Lipinski definition) is 2. The van der Waals surface area contributed by atoms with Gasteiger partial charge in [0.25, 0.3) is 0 Å². The quantitative estimate of drug-likeness (QED) is 0.690. The van der Waals surface area contributed by atoms with E-state index in [9.17, 15) is 10.2 Å². The molecule has 0 amide bonds. The Morgan fingerprint density at radius 1 is 0.810 bits per heavy atom. The van der Waals surface area contributed by atoms with E-state index in [4.69, 9.17) is 0 Å². The van der Waals surface area contributed by atoms with Crippen LogP contribution in [0.4, 0.5) is 0 Å². The number of benzene rings is 2. The molecule has 1 fully saturated rings. The standard InChI is InChI=1S/C17H14Br2O2/c18-9-1-3-11-12-4-2-10(19)6-14(12)17(13(11)5-9)7-15(20)16(21)8-17/h1-6,15-16,20-21H,7-8H2. The van der Waals surface area contributed by atoms with Crippen LogP contribution in [-0.2, 0) is 5.41 Å². The van der Waals surface area contributed by atoms with Gasteiger partial charge in [0.2, 0.25) is 0 Å². The highest BCUT2D eigenvalue weighted by Crippen LogP contribution is 2.57. The van der Waals surface area contributed by atoms with E-state index in [0.29, 0.717) is 12.8 Å². The van der Waals surface area contributed by atoms with E-state index in [2.05, 4.69) is 56.1 Å². The van der Waals surface area contributed by atoms with Crippen LogP contribution in [0, 0.1) is 0 Å². The Morgan fingerprint density at radius 3 is 1.67 bits per heavy atom. The van der Waals surface area contributed by atoms with Crippen LogP contribution in [0.2, 0.25) is 0 Å². The summed E-state index contributed by atoms with van der Waals surface area (Å²) in [5.74, 6) is 0. The van der Waals surface area contributed by atoms with Gasteiger partial charge in [-0.25, -0.2) is 0 Å². The molecule has 2 nitrogen and oxygen atoms in total. The van der Waals surface area contributed by atoms with Crippen molar-refractivity contribution in [1.82, 2.24) is 0 Å². The number of halogens is 2. The molecule has 0 aliphatic heterocycles. The average molecular weight is 410 g/mol. The SMILES string of the molecule is OC1CC2(CC1O)c1cc(Br)ccc1-c1ccc(Br)cc12. The van der Waals surface area contributed by atoms with Gasteiger partial charge in [0, 0.05) is 14.4 Å². The fourth-order valence-corrected chi connectivity index (χ4v) is 4.67. The lowest BCUT2D eigenvalue weighted by molar-refractivity contribution is 0.0438. The highest BCUT2D eigenvalue weighted by atomic mass is 79.9. The molecule has 2 aromatic rings. The van der Waals surface area contributed by atoms with Crippen molar-refractivity contribution in [3.63, 3.8) is 0 Å². The van der Waals surface area contributed by atoms with E-state index in [-0.39, 0.29) is 5.41 Å². The molecule has 1 spiro atoms. The maximum atomic E-state index is 10.1. The minimum Gasteiger partial charge on any atom is -0.390 e. The lowest BCUT2D eigenvalue weighted by atomic mass is 9.76. The molecule has 0 aromatic heterocycles. The lowest BCUT2D eigenvalue weighted by Gasteiger charge is -2.26. The molecule has 2 atom stereocenters. The van der Waals surface area contributed by atoms with Crippen molar-refractivity contribution in [2.75, 3.05) is 0 Å². The van der Waals surface area contributed by atoms with Gasteiger partial charge in [-0.3, -0.25) is 0 Å². The van der Waals surface area contributed by atoms with E-state index in [1.807, 2.05) is 12.1 Å². The van der Waals surface area contributed by atoms with Crippen molar-refractivity contribution < 1.29 is 10.2 Å². The van der Waals surface area contributed by atoms with E-state index >= 15 is 0 Å². The van der Waals surface area contributed by atoms with Crippen LogP contribution in [0.5, 0.6) is 0 Å². The first kappa shape index (κ1) is 13.9. The van der Waals surface area contributed by atoms with Crippen molar-refractivity contribution in [2.24, 2.45) is 0 Å². The molecule has 2 aliphatic rings. The highest BCUT2D eigenvalue weighted by Gasteiger charge is 2.51. The van der Waals surface area contributed by atoms with Gasteiger partial charge in [-0.1, -0.05) is 44.0 Å². The molecule has 0 radical (unpaired) electrons. The molecule has 0 heterocycles. The number of rotatable bonds is 0. The lowest BCUT2D eigenvalue weighted by Crippen LogP contribution is -2.22. The summed E-state index contributed by atoms with van der Waals surface area (Å²) < 4.78 is 2.06. The van der Waals surface area contributed by atoms with Crippen LogP contribution in [0.25, 0.3) is 11.1 Å². The summed E-state index contributed by atoms with van der Waals surface area (Å²) in [4.78, 5) is 0. The Kier molecular flexibility index (Phi) is 3.09. The Bertz CT molecular complexity index is 678. The second-order valence-electron chi connectivity index (χ2n) is 6.00. The van der Waals surface area contributed by atoms with Gasteiger partial charge in [-0.2, -0.15) is 0 Å². The second kappa shape index (κ2) is 4.66. The summed E-state index contributed by atoms with van der Waals surface area (Å²) in [5, 5.41) is 20.3. The maximum Gasteiger partial charge on any atom is 0.0811 e. The fraction of sp³-hybridized carbons (Fsp3) is 0.294. The van der Waals surface area contributed by atoms with Crippen molar-refractivity contribution in [3.8, 4) is 11.1 Å². The first-order valence-corrected chi connectivity index (χ1v) is 8.56. The van der Waals surface area contributed by atoms with Gasteiger partial charge in [0.05, 0.1) is 12.2 Å². The number of aliphatic hydroxyl groups is 2. The normalized spacial score (nSPS) is 25.1. The van der Waals surface area contributed by atoms with Crippen molar-refractivity contribution >= 4 is 31.9 Å². The predicted molar refractivity (Wildman–Crippen MR) is 89.3 cm³/mol. The summed E-state index contributed by atoms with van der Waals surface area (Å²) in [6.07, 6.45) is -0.189. The molecular weight excluding hydrogens is 396 g/mol. The zero-order valence-corrected chi connectivity index (χ0v) is 14.4. The van der Waals surface area contributed by atoms with Crippen molar-refractivity contribution in [3.05, 3.63) is 56.5 Å². The first-order valence-electron chi connectivity index (χ1n) is 6.98. The van der Waals surface area contributed by atoms with Crippen LogP contribution in [0.1, 0.15) is 24.0 Å².